The predicted molar refractivity (Wildman–Crippen MR) is 63.6 cm³/mol. The molecule has 0 aliphatic rings. The fourth-order valence-electron chi connectivity index (χ4n) is 0. The molecule has 0 aliphatic heterocycles. The van der Waals surface area contributed by atoms with E-state index in [4.69, 9.17) is 0 Å². The topological polar surface area (TPSA) is 0 Å². The van der Waals surface area contributed by atoms with Crippen LogP contribution < -0.4 is 0 Å². The number of hydrogen-bond acceptors (Lipinski definition) is 0. The molecular weight excluding hydrogens is 164 g/mol. The molecule has 0 rings (SSSR count). The highest BCUT2D eigenvalue weighted by molar-refractivity contribution is 6.37. The maximum Gasteiger partial charge on any atom is 0.0229 e. The van der Waals surface area contributed by atoms with Gasteiger partial charge in [-0.05, 0) is 5.04 Å². The zero-order valence-electron chi connectivity index (χ0n) is 9.49. The first-order valence-corrected chi connectivity index (χ1v) is 9.18. The first kappa shape index (κ1) is 14.0. The van der Waals surface area contributed by atoms with Crippen molar-refractivity contribution < 1.29 is 0 Å². The minimum absolute atomic E-state index is 0.252. The molecule has 0 radical (unpaired) electrons. The van der Waals surface area contributed by atoms with Crippen LogP contribution in [0.15, 0.2) is 0 Å². The molecule has 11 heavy (non-hydrogen) atoms. The van der Waals surface area contributed by atoms with E-state index in [1.165, 1.54) is 0 Å². The fourth-order valence-corrected chi connectivity index (χ4v) is 0. The zero-order chi connectivity index (χ0) is 9.49. The first-order valence-electron chi connectivity index (χ1n) is 4.83. The van der Waals surface area contributed by atoms with Gasteiger partial charge in [0, 0.05) is 19.0 Å². The smallest absolute Gasteiger partial charge is 0.0229 e. The van der Waals surface area contributed by atoms with Crippen LogP contribution in [0.2, 0.25) is 23.7 Å². The van der Waals surface area contributed by atoms with Crippen LogP contribution in [0.25, 0.3) is 0 Å². The first-order chi connectivity index (χ1) is 4.83. The molecule has 0 saturated heterocycles. The van der Waals surface area contributed by atoms with Gasteiger partial charge in [-0.25, -0.2) is 0 Å². The van der Waals surface area contributed by atoms with Gasteiger partial charge in [-0.1, -0.05) is 53.3 Å². The Balaban J connectivity index is 0. The van der Waals surface area contributed by atoms with Gasteiger partial charge >= 0.3 is 0 Å². The third kappa shape index (κ3) is 25.1. The molecule has 0 amide bonds. The van der Waals surface area contributed by atoms with Crippen molar-refractivity contribution in [1.29, 1.82) is 0 Å². The van der Waals surface area contributed by atoms with Crippen molar-refractivity contribution in [1.82, 2.24) is 0 Å². The van der Waals surface area contributed by atoms with E-state index in [1.54, 1.807) is 0 Å². The van der Waals surface area contributed by atoms with Crippen LogP contribution in [0, 0.1) is 0 Å². The lowest BCUT2D eigenvalue weighted by atomic mass is 10.3. The van der Waals surface area contributed by atoms with Crippen molar-refractivity contribution in [2.75, 3.05) is 0 Å². The Morgan fingerprint density at radius 2 is 1.18 bits per heavy atom. The second-order valence-electron chi connectivity index (χ2n) is 4.72. The summed E-state index contributed by atoms with van der Waals surface area (Å²) in [5.74, 6) is 0. The number of hydrogen-bond donors (Lipinski definition) is 0. The summed E-state index contributed by atoms with van der Waals surface area (Å²) < 4.78 is 0. The Morgan fingerprint density at radius 3 is 1.18 bits per heavy atom. The molecule has 2 heteroatoms. The van der Waals surface area contributed by atoms with Gasteiger partial charge in [0.15, 0.2) is 0 Å². The van der Waals surface area contributed by atoms with Crippen molar-refractivity contribution in [2.45, 2.75) is 58.3 Å². The van der Waals surface area contributed by atoms with Crippen LogP contribution in [-0.4, -0.2) is 19.0 Å². The van der Waals surface area contributed by atoms with Crippen molar-refractivity contribution in [3.8, 4) is 0 Å². The standard InChI is InChI=1S/C5H14Si.C4H12Si/c1-5(2,3)6-4;1-4(2)5-3/h6H2,1-4H3;4H,5H2,1-3H3. The monoisotopic (exact) mass is 190 g/mol. The second-order valence-corrected chi connectivity index (χ2v) is 9.99. The van der Waals surface area contributed by atoms with Crippen LogP contribution in [-0.2, 0) is 0 Å². The molecular formula is C9H26Si2. The molecule has 0 atom stereocenters. The maximum atomic E-state index is 2.35. The average Bonchev–Trinajstić information content (AvgIpc) is 1.88. The summed E-state index contributed by atoms with van der Waals surface area (Å²) in [4.78, 5) is 0. The molecule has 0 aromatic carbocycles. The lowest BCUT2D eigenvalue weighted by Crippen LogP contribution is -2.01. The van der Waals surface area contributed by atoms with E-state index in [-0.39, 0.29) is 9.52 Å². The lowest BCUT2D eigenvalue weighted by molar-refractivity contribution is 0.756. The van der Waals surface area contributed by atoms with E-state index in [1.807, 2.05) is 0 Å². The Bertz CT molecular complexity index is 72.1. The summed E-state index contributed by atoms with van der Waals surface area (Å²) in [5, 5.41) is 0.681. The summed E-state index contributed by atoms with van der Waals surface area (Å²) in [6.07, 6.45) is 0. The highest BCUT2D eigenvalue weighted by atomic mass is 28.2. The van der Waals surface area contributed by atoms with Gasteiger partial charge in [0.05, 0.1) is 0 Å². The van der Waals surface area contributed by atoms with Crippen molar-refractivity contribution >= 4 is 19.0 Å². The Morgan fingerprint density at radius 1 is 1.00 bits per heavy atom. The van der Waals surface area contributed by atoms with E-state index in [0.717, 1.165) is 5.54 Å². The van der Waals surface area contributed by atoms with E-state index < -0.39 is 0 Å². The SMILES string of the molecule is C[SiH2]C(C)(C)C.C[SiH2]C(C)C. The van der Waals surface area contributed by atoms with Crippen LogP contribution >= 0.6 is 0 Å². The van der Waals surface area contributed by atoms with Crippen LogP contribution in [0.1, 0.15) is 34.6 Å². The van der Waals surface area contributed by atoms with Gasteiger partial charge in [0.25, 0.3) is 0 Å². The summed E-state index contributed by atoms with van der Waals surface area (Å²) in [6, 6.07) is 0. The summed E-state index contributed by atoms with van der Waals surface area (Å²) in [6.45, 7) is 16.2. The van der Waals surface area contributed by atoms with Gasteiger partial charge in [0.2, 0.25) is 0 Å². The van der Waals surface area contributed by atoms with Gasteiger partial charge < -0.3 is 0 Å². The summed E-state index contributed by atoms with van der Waals surface area (Å²) in [5.41, 5.74) is 1.02. The van der Waals surface area contributed by atoms with Crippen molar-refractivity contribution in [3.63, 3.8) is 0 Å². The van der Waals surface area contributed by atoms with Crippen molar-refractivity contribution in [2.24, 2.45) is 0 Å². The molecule has 0 unspecified atom stereocenters. The molecule has 70 valence electrons. The average molecular weight is 190 g/mol. The van der Waals surface area contributed by atoms with Crippen LogP contribution in [0.3, 0.4) is 0 Å². The largest absolute Gasteiger partial charge is 0.0746 e. The highest BCUT2D eigenvalue weighted by Gasteiger charge is 2.04. The molecule has 0 spiro atoms. The third-order valence-corrected chi connectivity index (χ3v) is 5.63. The summed E-state index contributed by atoms with van der Waals surface area (Å²) >= 11 is 0. The van der Waals surface area contributed by atoms with E-state index in [2.05, 4.69) is 47.7 Å². The molecule has 0 heterocycles. The van der Waals surface area contributed by atoms with Gasteiger partial charge in [0.1, 0.15) is 0 Å². The van der Waals surface area contributed by atoms with E-state index >= 15 is 0 Å². The molecule has 0 aromatic heterocycles. The Labute approximate surface area is 77.8 Å². The van der Waals surface area contributed by atoms with Gasteiger partial charge in [-0.3, -0.25) is 0 Å². The Kier molecular flexibility index (Phi) is 9.03. The van der Waals surface area contributed by atoms with Gasteiger partial charge in [-0.2, -0.15) is 0 Å². The molecule has 0 bridgehead atoms. The molecule has 0 aromatic rings. The molecule has 0 saturated carbocycles. The fraction of sp³-hybridized carbons (Fsp3) is 1.00. The molecule has 0 fully saturated rings. The zero-order valence-corrected chi connectivity index (χ0v) is 12.3. The summed E-state index contributed by atoms with van der Waals surface area (Å²) in [7, 11) is 0.601. The normalized spacial score (nSPS) is 13.1. The predicted octanol–water partition coefficient (Wildman–Crippen LogP) is 2.45. The van der Waals surface area contributed by atoms with Gasteiger partial charge in [-0.15, -0.1) is 0 Å². The molecule has 0 aliphatic carbocycles. The quantitative estimate of drug-likeness (QED) is 0.557. The van der Waals surface area contributed by atoms with E-state index in [9.17, 15) is 0 Å². The van der Waals surface area contributed by atoms with E-state index in [0.29, 0.717) is 14.6 Å². The highest BCUT2D eigenvalue weighted by Crippen LogP contribution is 2.18. The maximum absolute atomic E-state index is 2.35. The number of rotatable bonds is 1. The Hall–Kier alpha value is 0.434. The minimum Gasteiger partial charge on any atom is -0.0746 e. The van der Waals surface area contributed by atoms with Crippen LogP contribution in [0.5, 0.6) is 0 Å². The lowest BCUT2D eigenvalue weighted by Gasteiger charge is -2.11. The minimum atomic E-state index is 0.252. The third-order valence-electron chi connectivity index (χ3n) is 1.88. The molecule has 0 N–H and O–H groups in total. The molecule has 0 nitrogen and oxygen atoms in total. The van der Waals surface area contributed by atoms with Crippen molar-refractivity contribution in [3.05, 3.63) is 0 Å². The second kappa shape index (κ2) is 7.10. The van der Waals surface area contributed by atoms with Crippen LogP contribution in [0.4, 0.5) is 0 Å².